The highest BCUT2D eigenvalue weighted by molar-refractivity contribution is 5.93. The summed E-state index contributed by atoms with van der Waals surface area (Å²) in [5, 5.41) is 14.3. The second-order valence-electron chi connectivity index (χ2n) is 8.28. The Hall–Kier alpha value is -3.23. The van der Waals surface area contributed by atoms with Crippen LogP contribution in [0.3, 0.4) is 0 Å². The lowest BCUT2D eigenvalue weighted by Gasteiger charge is -2.27. The molecule has 0 aromatic heterocycles. The number of amides is 3. The summed E-state index contributed by atoms with van der Waals surface area (Å²) in [7, 11) is 0. The molecule has 1 aliphatic heterocycles. The third-order valence-electron chi connectivity index (χ3n) is 5.70. The van der Waals surface area contributed by atoms with E-state index in [2.05, 4.69) is 10.6 Å². The predicted octanol–water partition coefficient (Wildman–Crippen LogP) is 1.44. The van der Waals surface area contributed by atoms with E-state index < -0.39 is 35.9 Å². The zero-order chi connectivity index (χ0) is 24.2. The second kappa shape index (κ2) is 13.3. The summed E-state index contributed by atoms with van der Waals surface area (Å²) < 4.78 is 0. The van der Waals surface area contributed by atoms with Gasteiger partial charge in [-0.2, -0.15) is 0 Å². The van der Waals surface area contributed by atoms with Crippen molar-refractivity contribution in [2.24, 2.45) is 0 Å². The second-order valence-corrected chi connectivity index (χ2v) is 8.28. The molecule has 33 heavy (non-hydrogen) atoms. The van der Waals surface area contributed by atoms with Crippen molar-refractivity contribution in [3.8, 4) is 0 Å². The van der Waals surface area contributed by atoms with E-state index >= 15 is 0 Å². The minimum atomic E-state index is -1.07. The van der Waals surface area contributed by atoms with Crippen LogP contribution in [0.15, 0.2) is 30.3 Å². The molecule has 1 fully saturated rings. The van der Waals surface area contributed by atoms with Gasteiger partial charge in [-0.1, -0.05) is 50.1 Å². The first-order chi connectivity index (χ1) is 15.8. The SMILES string of the molecule is CCCCC(C=O)NC(=O)C(Cc1ccccc1)NC(=O)C1CCCN1C(=O)CCC(=O)O. The maximum atomic E-state index is 13.1. The van der Waals surface area contributed by atoms with E-state index in [1.54, 1.807) is 0 Å². The van der Waals surface area contributed by atoms with Gasteiger partial charge in [-0.3, -0.25) is 19.2 Å². The molecule has 0 radical (unpaired) electrons. The first kappa shape index (κ1) is 26.0. The van der Waals surface area contributed by atoms with Crippen molar-refractivity contribution in [3.63, 3.8) is 0 Å². The van der Waals surface area contributed by atoms with Crippen molar-refractivity contribution in [2.75, 3.05) is 6.54 Å². The summed E-state index contributed by atoms with van der Waals surface area (Å²) in [6, 6.07) is 6.91. The van der Waals surface area contributed by atoms with Gasteiger partial charge in [0.1, 0.15) is 18.4 Å². The average molecular weight is 460 g/mol. The Kier molecular flexibility index (Phi) is 10.5. The molecule has 9 nitrogen and oxygen atoms in total. The first-order valence-electron chi connectivity index (χ1n) is 11.5. The van der Waals surface area contributed by atoms with Crippen molar-refractivity contribution in [1.29, 1.82) is 0 Å². The van der Waals surface area contributed by atoms with Crippen LogP contribution < -0.4 is 10.6 Å². The van der Waals surface area contributed by atoms with E-state index in [0.29, 0.717) is 32.1 Å². The number of hydrogen-bond acceptors (Lipinski definition) is 5. The Labute approximate surface area is 193 Å². The van der Waals surface area contributed by atoms with Gasteiger partial charge in [0.05, 0.1) is 12.5 Å². The van der Waals surface area contributed by atoms with Gasteiger partial charge in [0.15, 0.2) is 0 Å². The van der Waals surface area contributed by atoms with Gasteiger partial charge in [0, 0.05) is 19.4 Å². The van der Waals surface area contributed by atoms with E-state index in [0.717, 1.165) is 18.4 Å². The van der Waals surface area contributed by atoms with Gasteiger partial charge in [0.2, 0.25) is 17.7 Å². The maximum absolute atomic E-state index is 13.1. The number of aldehydes is 1. The fourth-order valence-corrected chi connectivity index (χ4v) is 3.90. The largest absolute Gasteiger partial charge is 0.481 e. The number of likely N-dealkylation sites (tertiary alicyclic amines) is 1. The molecule has 1 heterocycles. The predicted molar refractivity (Wildman–Crippen MR) is 121 cm³/mol. The lowest BCUT2D eigenvalue weighted by atomic mass is 10.0. The Morgan fingerprint density at radius 3 is 2.52 bits per heavy atom. The van der Waals surface area contributed by atoms with E-state index in [-0.39, 0.29) is 25.2 Å². The van der Waals surface area contributed by atoms with E-state index in [4.69, 9.17) is 5.11 Å². The number of nitrogens with zero attached hydrogens (tertiary/aromatic N) is 1. The molecular weight excluding hydrogens is 426 g/mol. The van der Waals surface area contributed by atoms with Crippen molar-refractivity contribution >= 4 is 30.0 Å². The Balaban J connectivity index is 2.11. The maximum Gasteiger partial charge on any atom is 0.303 e. The van der Waals surface area contributed by atoms with Gasteiger partial charge >= 0.3 is 5.97 Å². The molecule has 3 amide bonds. The minimum Gasteiger partial charge on any atom is -0.481 e. The third kappa shape index (κ3) is 8.32. The van der Waals surface area contributed by atoms with Crippen molar-refractivity contribution < 1.29 is 29.1 Å². The summed E-state index contributed by atoms with van der Waals surface area (Å²) >= 11 is 0. The lowest BCUT2D eigenvalue weighted by Crippen LogP contribution is -2.55. The number of hydrogen-bond donors (Lipinski definition) is 3. The van der Waals surface area contributed by atoms with Gasteiger partial charge in [-0.15, -0.1) is 0 Å². The Morgan fingerprint density at radius 1 is 1.15 bits per heavy atom. The standard InChI is InChI=1S/C24H33N3O6/c1-2-3-10-18(16-28)25-23(32)19(15-17-8-5-4-6-9-17)26-24(33)20-11-7-14-27(20)21(29)12-13-22(30)31/h4-6,8-9,16,18-20H,2-3,7,10-15H2,1H3,(H,25,32)(H,26,33)(H,30,31). The van der Waals surface area contributed by atoms with Gasteiger partial charge < -0.3 is 25.4 Å². The summed E-state index contributed by atoms with van der Waals surface area (Å²) in [5.74, 6) is -2.37. The number of carbonyl (C=O) groups is 5. The molecule has 9 heteroatoms. The molecule has 0 aliphatic carbocycles. The summed E-state index contributed by atoms with van der Waals surface area (Å²) in [5.41, 5.74) is 0.843. The Bertz CT molecular complexity index is 829. The number of carboxylic acid groups (broad SMARTS) is 1. The fourth-order valence-electron chi connectivity index (χ4n) is 3.90. The molecule has 3 unspecified atom stereocenters. The molecule has 3 atom stereocenters. The smallest absolute Gasteiger partial charge is 0.303 e. The number of aliphatic carboxylic acids is 1. The zero-order valence-electron chi connectivity index (χ0n) is 19.0. The molecular formula is C24H33N3O6. The van der Waals surface area contributed by atoms with Crippen molar-refractivity contribution in [2.45, 2.75) is 76.4 Å². The first-order valence-corrected chi connectivity index (χ1v) is 11.5. The number of unbranched alkanes of at least 4 members (excludes halogenated alkanes) is 1. The molecule has 180 valence electrons. The molecule has 2 rings (SSSR count). The molecule has 0 saturated carbocycles. The monoisotopic (exact) mass is 459 g/mol. The normalized spacial score (nSPS) is 17.1. The minimum absolute atomic E-state index is 0.175. The molecule has 1 aromatic rings. The summed E-state index contributed by atoms with van der Waals surface area (Å²) in [6.07, 6.45) is 3.72. The molecule has 1 aromatic carbocycles. The number of benzene rings is 1. The number of nitrogens with one attached hydrogen (secondary N) is 2. The van der Waals surface area contributed by atoms with E-state index in [9.17, 15) is 24.0 Å². The number of rotatable bonds is 13. The van der Waals surface area contributed by atoms with Crippen molar-refractivity contribution in [1.82, 2.24) is 15.5 Å². The molecule has 0 bridgehead atoms. The fraction of sp³-hybridized carbons (Fsp3) is 0.542. The topological polar surface area (TPSA) is 133 Å². The lowest BCUT2D eigenvalue weighted by molar-refractivity contribution is -0.143. The van der Waals surface area contributed by atoms with Gasteiger partial charge in [-0.05, 0) is 24.8 Å². The quantitative estimate of drug-likeness (QED) is 0.382. The van der Waals surface area contributed by atoms with Crippen LogP contribution in [-0.2, 0) is 30.4 Å². The van der Waals surface area contributed by atoms with Crippen LogP contribution in [-0.4, -0.2) is 64.7 Å². The van der Waals surface area contributed by atoms with Crippen LogP contribution in [0.1, 0.15) is 57.4 Å². The van der Waals surface area contributed by atoms with Gasteiger partial charge in [0.25, 0.3) is 0 Å². The van der Waals surface area contributed by atoms with Crippen LogP contribution in [0.5, 0.6) is 0 Å². The van der Waals surface area contributed by atoms with Crippen LogP contribution in [0.4, 0.5) is 0 Å². The molecule has 3 N–H and O–H groups in total. The summed E-state index contributed by atoms with van der Waals surface area (Å²) in [6.45, 7) is 2.36. The highest BCUT2D eigenvalue weighted by Crippen LogP contribution is 2.19. The van der Waals surface area contributed by atoms with E-state index in [1.807, 2.05) is 37.3 Å². The van der Waals surface area contributed by atoms with E-state index in [1.165, 1.54) is 4.90 Å². The van der Waals surface area contributed by atoms with Crippen LogP contribution >= 0.6 is 0 Å². The average Bonchev–Trinajstić information content (AvgIpc) is 3.30. The highest BCUT2D eigenvalue weighted by atomic mass is 16.4. The van der Waals surface area contributed by atoms with Crippen LogP contribution in [0, 0.1) is 0 Å². The Morgan fingerprint density at radius 2 is 1.88 bits per heavy atom. The van der Waals surface area contributed by atoms with Crippen molar-refractivity contribution in [3.05, 3.63) is 35.9 Å². The number of carbonyl (C=O) groups excluding carboxylic acids is 4. The number of carboxylic acids is 1. The molecule has 1 aliphatic rings. The molecule has 1 saturated heterocycles. The summed E-state index contributed by atoms with van der Waals surface area (Å²) in [4.78, 5) is 62.1. The van der Waals surface area contributed by atoms with Crippen LogP contribution in [0.2, 0.25) is 0 Å². The zero-order valence-corrected chi connectivity index (χ0v) is 19.0. The third-order valence-corrected chi connectivity index (χ3v) is 5.70. The highest BCUT2D eigenvalue weighted by Gasteiger charge is 2.36. The molecule has 0 spiro atoms. The van der Waals surface area contributed by atoms with Gasteiger partial charge in [-0.25, -0.2) is 0 Å². The van der Waals surface area contributed by atoms with Crippen LogP contribution in [0.25, 0.3) is 0 Å².